The lowest BCUT2D eigenvalue weighted by atomic mass is 9.99. The largest absolute Gasteiger partial charge is 0.494 e. The second kappa shape index (κ2) is 11.8. The van der Waals surface area contributed by atoms with Crippen molar-refractivity contribution in [1.82, 2.24) is 14.9 Å². The van der Waals surface area contributed by atoms with Gasteiger partial charge in [-0.05, 0) is 49.4 Å². The van der Waals surface area contributed by atoms with Crippen LogP contribution in [0.5, 0.6) is 5.75 Å². The maximum atomic E-state index is 13.3. The number of hydrogen-bond acceptors (Lipinski definition) is 9. The molecule has 2 aliphatic heterocycles. The molecule has 1 saturated heterocycles. The van der Waals surface area contributed by atoms with Crippen LogP contribution in [0, 0.1) is 5.92 Å². The lowest BCUT2D eigenvalue weighted by molar-refractivity contribution is -0.111. The first-order chi connectivity index (χ1) is 19.8. The predicted molar refractivity (Wildman–Crippen MR) is 159 cm³/mol. The van der Waals surface area contributed by atoms with Gasteiger partial charge in [0, 0.05) is 49.8 Å². The Morgan fingerprint density at radius 3 is 2.63 bits per heavy atom. The first-order valence-electron chi connectivity index (χ1n) is 13.6. The molecule has 0 saturated carbocycles. The maximum absolute atomic E-state index is 13.3. The number of aromatic nitrogens is 2. The summed E-state index contributed by atoms with van der Waals surface area (Å²) in [6.07, 6.45) is 1.79. The van der Waals surface area contributed by atoms with Gasteiger partial charge in [-0.3, -0.25) is 4.79 Å². The molecule has 3 aromatic rings. The van der Waals surface area contributed by atoms with Gasteiger partial charge in [-0.2, -0.15) is 4.98 Å². The number of anilines is 6. The number of fused-ring (bicyclic) bond motifs is 1. The summed E-state index contributed by atoms with van der Waals surface area (Å²) < 4.78 is 11.5. The van der Waals surface area contributed by atoms with Crippen molar-refractivity contribution in [2.45, 2.75) is 20.0 Å². The van der Waals surface area contributed by atoms with Gasteiger partial charge in [0.15, 0.2) is 5.82 Å². The highest BCUT2D eigenvalue weighted by atomic mass is 16.6. The minimum atomic E-state index is -0.567. The van der Waals surface area contributed by atoms with Crippen LogP contribution in [0.25, 0.3) is 0 Å². The number of methoxy groups -OCH3 is 1. The SMILES string of the molecule is C=CC(=O)Nc1cccc(N2C(=O)O[C@H](C(C)C)c3cnc(Nc4ccc(N5CCN(C)CC5)cc4OC)nc32)c1. The van der Waals surface area contributed by atoms with Gasteiger partial charge in [0.2, 0.25) is 11.9 Å². The molecule has 1 aromatic heterocycles. The molecule has 3 heterocycles. The minimum Gasteiger partial charge on any atom is -0.494 e. The van der Waals surface area contributed by atoms with Gasteiger partial charge in [0.25, 0.3) is 0 Å². The third-order valence-corrected chi connectivity index (χ3v) is 7.19. The number of carbonyl (C=O) groups excluding carboxylic acids is 2. The second-order valence-electron chi connectivity index (χ2n) is 10.4. The molecule has 0 radical (unpaired) electrons. The summed E-state index contributed by atoms with van der Waals surface area (Å²) in [7, 11) is 3.76. The first kappa shape index (κ1) is 27.9. The van der Waals surface area contributed by atoms with Crippen molar-refractivity contribution in [3.63, 3.8) is 0 Å². The Balaban J connectivity index is 1.48. The van der Waals surface area contributed by atoms with Crippen molar-refractivity contribution < 1.29 is 19.1 Å². The van der Waals surface area contributed by atoms with E-state index in [0.717, 1.165) is 31.9 Å². The van der Waals surface area contributed by atoms with Crippen LogP contribution in [0.2, 0.25) is 0 Å². The number of ether oxygens (including phenoxy) is 2. The molecule has 2 aliphatic rings. The number of benzene rings is 2. The van der Waals surface area contributed by atoms with Gasteiger partial charge in [0.05, 0.1) is 24.0 Å². The Kier molecular flexibility index (Phi) is 8.06. The molecule has 11 nitrogen and oxygen atoms in total. The van der Waals surface area contributed by atoms with Crippen LogP contribution in [-0.4, -0.2) is 67.2 Å². The molecule has 0 spiro atoms. The average Bonchev–Trinajstić information content (AvgIpc) is 2.97. The van der Waals surface area contributed by atoms with Crippen LogP contribution in [0.15, 0.2) is 61.3 Å². The molecular formula is C30H35N7O4. The van der Waals surface area contributed by atoms with Gasteiger partial charge in [-0.1, -0.05) is 26.5 Å². The van der Waals surface area contributed by atoms with Gasteiger partial charge in [-0.25, -0.2) is 14.7 Å². The van der Waals surface area contributed by atoms with Crippen LogP contribution in [0.1, 0.15) is 25.5 Å². The summed E-state index contributed by atoms with van der Waals surface area (Å²) >= 11 is 0. The van der Waals surface area contributed by atoms with Crippen LogP contribution >= 0.6 is 0 Å². The van der Waals surface area contributed by atoms with E-state index in [1.165, 1.54) is 11.0 Å². The molecule has 0 aliphatic carbocycles. The van der Waals surface area contributed by atoms with Gasteiger partial charge < -0.3 is 29.9 Å². The summed E-state index contributed by atoms with van der Waals surface area (Å²) in [6, 6.07) is 12.9. The number of amides is 2. The smallest absolute Gasteiger partial charge is 0.420 e. The highest BCUT2D eigenvalue weighted by Gasteiger charge is 2.37. The number of piperazine rings is 1. The zero-order valence-electron chi connectivity index (χ0n) is 23.8. The summed E-state index contributed by atoms with van der Waals surface area (Å²) in [6.45, 7) is 11.3. The van der Waals surface area contributed by atoms with E-state index in [-0.39, 0.29) is 11.8 Å². The fourth-order valence-corrected chi connectivity index (χ4v) is 4.94. The van der Waals surface area contributed by atoms with Gasteiger partial charge in [0.1, 0.15) is 11.9 Å². The molecule has 1 fully saturated rings. The Labute approximate surface area is 239 Å². The Morgan fingerprint density at radius 1 is 1.15 bits per heavy atom. The van der Waals surface area contributed by atoms with E-state index >= 15 is 0 Å². The molecule has 0 bridgehead atoms. The maximum Gasteiger partial charge on any atom is 0.420 e. The van der Waals surface area contributed by atoms with Crippen molar-refractivity contribution in [1.29, 1.82) is 0 Å². The number of rotatable bonds is 8. The molecule has 5 rings (SSSR count). The summed E-state index contributed by atoms with van der Waals surface area (Å²) in [5.41, 5.74) is 3.46. The summed E-state index contributed by atoms with van der Waals surface area (Å²) in [4.78, 5) is 40.6. The van der Waals surface area contributed by atoms with Gasteiger partial charge in [-0.15, -0.1) is 0 Å². The summed E-state index contributed by atoms with van der Waals surface area (Å²) in [5.74, 6) is 1.00. The number of nitrogens with zero attached hydrogens (tertiary/aromatic N) is 5. The molecule has 1 atom stereocenters. The molecular weight excluding hydrogens is 522 g/mol. The van der Waals surface area contributed by atoms with E-state index in [1.807, 2.05) is 26.0 Å². The van der Waals surface area contributed by atoms with Gasteiger partial charge >= 0.3 is 6.09 Å². The molecule has 41 heavy (non-hydrogen) atoms. The molecule has 2 aromatic carbocycles. The monoisotopic (exact) mass is 557 g/mol. The molecule has 0 unspecified atom stereocenters. The molecule has 214 valence electrons. The van der Waals surface area contributed by atoms with E-state index in [0.29, 0.717) is 40.1 Å². The minimum absolute atomic E-state index is 0.00249. The fourth-order valence-electron chi connectivity index (χ4n) is 4.94. The Morgan fingerprint density at radius 2 is 1.93 bits per heavy atom. The lowest BCUT2D eigenvalue weighted by Gasteiger charge is -2.34. The third-order valence-electron chi connectivity index (χ3n) is 7.19. The number of carbonyl (C=O) groups is 2. The van der Waals surface area contributed by atoms with Crippen LogP contribution in [0.3, 0.4) is 0 Å². The fraction of sp³-hybridized carbons (Fsp3) is 0.333. The molecule has 2 amide bonds. The third kappa shape index (κ3) is 5.94. The summed E-state index contributed by atoms with van der Waals surface area (Å²) in [5, 5.41) is 5.99. The van der Waals surface area contributed by atoms with E-state index in [4.69, 9.17) is 14.5 Å². The average molecular weight is 558 g/mol. The highest BCUT2D eigenvalue weighted by Crippen LogP contribution is 2.42. The predicted octanol–water partition coefficient (Wildman–Crippen LogP) is 5.09. The van der Waals surface area contributed by atoms with Crippen molar-refractivity contribution >= 4 is 46.5 Å². The van der Waals surface area contributed by atoms with E-state index < -0.39 is 12.2 Å². The highest BCUT2D eigenvalue weighted by molar-refractivity contribution is 6.01. The topological polar surface area (TPSA) is 112 Å². The number of cyclic esters (lactones) is 1. The van der Waals surface area contributed by atoms with Crippen molar-refractivity contribution in [2.75, 3.05) is 60.8 Å². The molecule has 2 N–H and O–H groups in total. The van der Waals surface area contributed by atoms with Crippen LogP contribution in [-0.2, 0) is 9.53 Å². The van der Waals surface area contributed by atoms with Crippen molar-refractivity contribution in [3.05, 3.63) is 66.9 Å². The quantitative estimate of drug-likeness (QED) is 0.366. The Bertz CT molecular complexity index is 1450. The van der Waals surface area contributed by atoms with E-state index in [2.05, 4.69) is 45.1 Å². The van der Waals surface area contributed by atoms with Crippen LogP contribution in [0.4, 0.5) is 39.3 Å². The Hall–Kier alpha value is -4.64. The van der Waals surface area contributed by atoms with Crippen molar-refractivity contribution in [2.24, 2.45) is 5.92 Å². The zero-order chi connectivity index (χ0) is 29.1. The normalized spacial score (nSPS) is 17.1. The molecule has 11 heteroatoms. The zero-order valence-corrected chi connectivity index (χ0v) is 23.8. The van der Waals surface area contributed by atoms with Crippen LogP contribution < -0.4 is 25.2 Å². The standard InChI is InChI=1S/C30H35N7O4/c1-6-26(38)32-20-8-7-9-22(16-20)37-28-23(27(19(2)3)41-30(37)39)18-31-29(34-28)33-24-11-10-21(17-25(24)40-5)36-14-12-35(4)13-15-36/h6-11,16-19,27H,1,12-15H2,2-5H3,(H,32,38)(H,31,33,34)/t27-/m1/s1. The second-order valence-corrected chi connectivity index (χ2v) is 10.4. The number of hydrogen-bond donors (Lipinski definition) is 2. The number of nitrogens with one attached hydrogen (secondary N) is 2. The first-order valence-corrected chi connectivity index (χ1v) is 13.6. The lowest BCUT2D eigenvalue weighted by Crippen LogP contribution is -2.44. The number of likely N-dealkylation sites (N-methyl/N-ethyl adjacent to an activating group) is 1. The van der Waals surface area contributed by atoms with E-state index in [1.54, 1.807) is 37.6 Å². The van der Waals surface area contributed by atoms with Crippen molar-refractivity contribution in [3.8, 4) is 5.75 Å². The van der Waals surface area contributed by atoms with E-state index in [9.17, 15) is 9.59 Å².